The van der Waals surface area contributed by atoms with Gasteiger partial charge in [0, 0.05) is 42.8 Å². The van der Waals surface area contributed by atoms with Crippen molar-refractivity contribution in [2.75, 3.05) is 11.9 Å². The highest BCUT2D eigenvalue weighted by atomic mass is 19.3. The zero-order chi connectivity index (χ0) is 26.0. The molecule has 5 rings (SSSR count). The summed E-state index contributed by atoms with van der Waals surface area (Å²) in [4.78, 5) is 21.5. The molecule has 0 aliphatic carbocycles. The zero-order valence-corrected chi connectivity index (χ0v) is 19.8. The highest BCUT2D eigenvalue weighted by molar-refractivity contribution is 5.92. The van der Waals surface area contributed by atoms with Gasteiger partial charge in [-0.25, -0.2) is 9.97 Å². The monoisotopic (exact) mass is 506 g/mol. The molecule has 0 radical (unpaired) electrons. The molecule has 0 spiro atoms. The summed E-state index contributed by atoms with van der Waals surface area (Å²) in [6.07, 6.45) is 1.74. The van der Waals surface area contributed by atoms with E-state index in [1.165, 1.54) is 12.1 Å². The Morgan fingerprint density at radius 3 is 2.68 bits per heavy atom. The second-order valence-electron chi connectivity index (χ2n) is 8.57. The lowest BCUT2D eigenvalue weighted by Gasteiger charge is -2.16. The van der Waals surface area contributed by atoms with Crippen LogP contribution in [-0.4, -0.2) is 39.3 Å². The summed E-state index contributed by atoms with van der Waals surface area (Å²) >= 11 is 0. The number of imidazole rings is 1. The third-order valence-corrected chi connectivity index (χ3v) is 5.79. The molecule has 2 aromatic heterocycles. The summed E-state index contributed by atoms with van der Waals surface area (Å²) in [6, 6.07) is 15.7. The Hall–Kier alpha value is -4.51. The number of aryl methyl sites for hydroxylation is 1. The molecule has 1 atom stereocenters. The maximum Gasteiger partial charge on any atom is 0.586 e. The van der Waals surface area contributed by atoms with Crippen LogP contribution in [0.5, 0.6) is 11.5 Å². The van der Waals surface area contributed by atoms with Crippen molar-refractivity contribution in [2.45, 2.75) is 25.7 Å². The molecule has 9 nitrogen and oxygen atoms in total. The van der Waals surface area contributed by atoms with Crippen molar-refractivity contribution >= 4 is 17.4 Å². The van der Waals surface area contributed by atoms with Crippen molar-refractivity contribution < 1.29 is 23.0 Å². The second-order valence-corrected chi connectivity index (χ2v) is 8.57. The standard InChI is InChI=1S/C26H24F2N6O3/c1-16-13-30-24(32-18-7-8-22-23(10-18)37-26(27,28)36-22)11-21(16)34-14-20(31-15-34)25(35)33-19(12-29)9-17-5-3-2-4-6-17/h2-8,10-11,13-15,19H,9,12,29H2,1H3,(H,30,32)(H,33,35). The summed E-state index contributed by atoms with van der Waals surface area (Å²) < 4.78 is 37.3. The number of amides is 1. The number of carbonyl (C=O) groups is 1. The fourth-order valence-corrected chi connectivity index (χ4v) is 3.96. The van der Waals surface area contributed by atoms with E-state index in [0.717, 1.165) is 16.8 Å². The summed E-state index contributed by atoms with van der Waals surface area (Å²) in [5.41, 5.74) is 9.26. The molecular formula is C26H24F2N6O3. The number of pyridine rings is 1. The molecule has 3 heterocycles. The van der Waals surface area contributed by atoms with E-state index in [4.69, 9.17) is 5.73 Å². The average molecular weight is 507 g/mol. The number of nitrogens with zero attached hydrogens (tertiary/aromatic N) is 3. The van der Waals surface area contributed by atoms with E-state index in [0.29, 0.717) is 17.9 Å². The van der Waals surface area contributed by atoms with Crippen LogP contribution >= 0.6 is 0 Å². The quantitative estimate of drug-likeness (QED) is 0.331. The number of alkyl halides is 2. The number of halogens is 2. The number of anilines is 2. The molecule has 2 aromatic carbocycles. The minimum absolute atomic E-state index is 0.0435. The first kappa shape index (κ1) is 24.2. The van der Waals surface area contributed by atoms with E-state index in [2.05, 4.69) is 30.1 Å². The van der Waals surface area contributed by atoms with Gasteiger partial charge in [0.1, 0.15) is 17.8 Å². The Labute approximate surface area is 211 Å². The zero-order valence-electron chi connectivity index (χ0n) is 19.8. The first-order valence-electron chi connectivity index (χ1n) is 11.5. The summed E-state index contributed by atoms with van der Waals surface area (Å²) in [5.74, 6) is 0.0120. The van der Waals surface area contributed by atoms with Gasteiger partial charge in [-0.1, -0.05) is 30.3 Å². The van der Waals surface area contributed by atoms with E-state index in [9.17, 15) is 13.6 Å². The molecule has 1 amide bonds. The predicted molar refractivity (Wildman–Crippen MR) is 132 cm³/mol. The SMILES string of the molecule is Cc1cnc(Nc2ccc3c(c2)OC(F)(F)O3)cc1-n1cnc(C(=O)NC(CN)Cc2ccccc2)c1. The third-order valence-electron chi connectivity index (χ3n) is 5.79. The van der Waals surface area contributed by atoms with Crippen LogP contribution in [0.15, 0.2) is 73.3 Å². The number of rotatable bonds is 8. The molecular weight excluding hydrogens is 482 g/mol. The van der Waals surface area contributed by atoms with Crippen molar-refractivity contribution in [3.63, 3.8) is 0 Å². The van der Waals surface area contributed by atoms with Crippen LogP contribution < -0.4 is 25.8 Å². The number of hydrogen-bond donors (Lipinski definition) is 3. The van der Waals surface area contributed by atoms with E-state index >= 15 is 0 Å². The highest BCUT2D eigenvalue weighted by Crippen LogP contribution is 2.42. The summed E-state index contributed by atoms with van der Waals surface area (Å²) in [5, 5.41) is 6.01. The summed E-state index contributed by atoms with van der Waals surface area (Å²) in [6.45, 7) is 2.16. The fraction of sp³-hybridized carbons (Fsp3) is 0.192. The minimum atomic E-state index is -3.69. The van der Waals surface area contributed by atoms with Gasteiger partial charge in [-0.2, -0.15) is 0 Å². The number of nitrogens with two attached hydrogens (primary N) is 1. The lowest BCUT2D eigenvalue weighted by molar-refractivity contribution is -0.286. The van der Waals surface area contributed by atoms with Crippen molar-refractivity contribution in [3.05, 3.63) is 90.1 Å². The average Bonchev–Trinajstić information content (AvgIpc) is 3.48. The van der Waals surface area contributed by atoms with E-state index in [-0.39, 0.29) is 35.7 Å². The van der Waals surface area contributed by atoms with Crippen LogP contribution in [0.1, 0.15) is 21.6 Å². The molecule has 37 heavy (non-hydrogen) atoms. The number of ether oxygens (including phenoxy) is 2. The Bertz CT molecular complexity index is 1430. The van der Waals surface area contributed by atoms with Gasteiger partial charge < -0.3 is 30.4 Å². The van der Waals surface area contributed by atoms with Crippen molar-refractivity contribution in [3.8, 4) is 17.2 Å². The first-order chi connectivity index (χ1) is 17.8. The summed E-state index contributed by atoms with van der Waals surface area (Å²) in [7, 11) is 0. The normalized spacial score (nSPS) is 14.3. The molecule has 4 aromatic rings. The molecule has 0 saturated heterocycles. The van der Waals surface area contributed by atoms with E-state index in [1.807, 2.05) is 37.3 Å². The number of nitrogens with one attached hydrogen (secondary N) is 2. The maximum absolute atomic E-state index is 13.3. The number of carbonyl (C=O) groups excluding carboxylic acids is 1. The smallest absolute Gasteiger partial charge is 0.395 e. The lowest BCUT2D eigenvalue weighted by atomic mass is 10.1. The van der Waals surface area contributed by atoms with Crippen LogP contribution in [-0.2, 0) is 6.42 Å². The molecule has 0 saturated carbocycles. The van der Waals surface area contributed by atoms with Crippen LogP contribution in [0.4, 0.5) is 20.3 Å². The predicted octanol–water partition coefficient (Wildman–Crippen LogP) is 3.94. The van der Waals surface area contributed by atoms with Gasteiger partial charge in [0.25, 0.3) is 5.91 Å². The van der Waals surface area contributed by atoms with Gasteiger partial charge in [-0.05, 0) is 36.6 Å². The molecule has 0 fully saturated rings. The number of fused-ring (bicyclic) bond motifs is 1. The molecule has 11 heteroatoms. The number of aromatic nitrogens is 3. The van der Waals surface area contributed by atoms with Gasteiger partial charge in [0.2, 0.25) is 0 Å². The van der Waals surface area contributed by atoms with Crippen LogP contribution in [0.25, 0.3) is 5.69 Å². The number of benzene rings is 2. The maximum atomic E-state index is 13.3. The Morgan fingerprint density at radius 2 is 1.89 bits per heavy atom. The van der Waals surface area contributed by atoms with E-state index in [1.54, 1.807) is 35.4 Å². The van der Waals surface area contributed by atoms with Gasteiger partial charge in [0.15, 0.2) is 11.5 Å². The molecule has 1 aliphatic rings. The topological polar surface area (TPSA) is 116 Å². The van der Waals surface area contributed by atoms with Crippen LogP contribution in [0, 0.1) is 6.92 Å². The van der Waals surface area contributed by atoms with Gasteiger partial charge in [0.05, 0.1) is 5.69 Å². The molecule has 1 aliphatic heterocycles. The Morgan fingerprint density at radius 1 is 1.11 bits per heavy atom. The van der Waals surface area contributed by atoms with Gasteiger partial charge >= 0.3 is 6.29 Å². The largest absolute Gasteiger partial charge is 0.586 e. The highest BCUT2D eigenvalue weighted by Gasteiger charge is 2.43. The fourth-order valence-electron chi connectivity index (χ4n) is 3.96. The van der Waals surface area contributed by atoms with Crippen molar-refractivity contribution in [2.24, 2.45) is 5.73 Å². The van der Waals surface area contributed by atoms with Crippen LogP contribution in [0.2, 0.25) is 0 Å². The third kappa shape index (κ3) is 5.51. The molecule has 190 valence electrons. The van der Waals surface area contributed by atoms with Gasteiger partial charge in [-0.15, -0.1) is 8.78 Å². The molecule has 4 N–H and O–H groups in total. The van der Waals surface area contributed by atoms with Crippen molar-refractivity contribution in [1.82, 2.24) is 19.9 Å². The van der Waals surface area contributed by atoms with Crippen molar-refractivity contribution in [1.29, 1.82) is 0 Å². The first-order valence-corrected chi connectivity index (χ1v) is 11.5. The molecule has 1 unspecified atom stereocenters. The number of hydrogen-bond acceptors (Lipinski definition) is 7. The van der Waals surface area contributed by atoms with Crippen LogP contribution in [0.3, 0.4) is 0 Å². The lowest BCUT2D eigenvalue weighted by Crippen LogP contribution is -2.41. The Balaban J connectivity index is 1.29. The second kappa shape index (κ2) is 9.86. The Kier molecular flexibility index (Phi) is 6.45. The minimum Gasteiger partial charge on any atom is -0.395 e. The van der Waals surface area contributed by atoms with Gasteiger partial charge in [-0.3, -0.25) is 4.79 Å². The molecule has 0 bridgehead atoms. The van der Waals surface area contributed by atoms with E-state index < -0.39 is 6.29 Å².